The Labute approximate surface area is 294 Å². The molecule has 10 nitrogen and oxygen atoms in total. The highest BCUT2D eigenvalue weighted by Gasteiger charge is 2.38. The summed E-state index contributed by atoms with van der Waals surface area (Å²) in [5.74, 6) is -1.31. The molecule has 0 bridgehead atoms. The number of amides is 4. The van der Waals surface area contributed by atoms with Gasteiger partial charge in [-0.15, -0.1) is 11.3 Å². The molecule has 49 heavy (non-hydrogen) atoms. The molecule has 3 fully saturated rings. The van der Waals surface area contributed by atoms with Crippen molar-refractivity contribution < 1.29 is 27.6 Å². The summed E-state index contributed by atoms with van der Waals surface area (Å²) in [6.07, 6.45) is -1.000. The fourth-order valence-electron chi connectivity index (χ4n) is 7.75. The van der Waals surface area contributed by atoms with E-state index in [9.17, 15) is 27.6 Å². The number of rotatable bonds is 7. The number of piperidine rings is 2. The van der Waals surface area contributed by atoms with E-state index in [1.54, 1.807) is 21.1 Å². The predicted octanol–water partition coefficient (Wildman–Crippen LogP) is 5.22. The highest BCUT2D eigenvalue weighted by atomic mass is 35.5. The van der Waals surface area contributed by atoms with Crippen LogP contribution in [0.4, 0.5) is 29.3 Å². The summed E-state index contributed by atoms with van der Waals surface area (Å²) in [5.41, 5.74) is 5.14. The Morgan fingerprint density at radius 3 is 2.41 bits per heavy atom. The highest BCUT2D eigenvalue weighted by Crippen LogP contribution is 2.39. The topological polar surface area (TPSA) is 105 Å². The number of likely N-dealkylation sites (N-methyl/N-ethyl adjacent to an activating group) is 1. The monoisotopic (exact) mass is 723 g/mol. The summed E-state index contributed by atoms with van der Waals surface area (Å²) in [7, 11) is 2.13. The third kappa shape index (κ3) is 8.29. The van der Waals surface area contributed by atoms with Crippen LogP contribution in [0.25, 0.3) is 0 Å². The molecule has 0 aliphatic carbocycles. The Hall–Kier alpha value is -3.07. The first-order valence-corrected chi connectivity index (χ1v) is 18.4. The van der Waals surface area contributed by atoms with Crippen LogP contribution >= 0.6 is 22.9 Å². The van der Waals surface area contributed by atoms with Gasteiger partial charge in [-0.3, -0.25) is 14.5 Å². The molecule has 15 heteroatoms. The number of hydrogen-bond donors (Lipinski definition) is 2. The fraction of sp³-hybridized carbons (Fsp3) is 0.618. The van der Waals surface area contributed by atoms with Crippen LogP contribution in [0.3, 0.4) is 0 Å². The van der Waals surface area contributed by atoms with Gasteiger partial charge >= 0.3 is 12.2 Å². The van der Waals surface area contributed by atoms with Crippen LogP contribution in [0.2, 0.25) is 5.02 Å². The lowest BCUT2D eigenvalue weighted by molar-refractivity contribution is -0.143. The molecule has 4 aliphatic heterocycles. The number of nitrogens with two attached hydrogens (primary N) is 1. The van der Waals surface area contributed by atoms with Gasteiger partial charge in [-0.2, -0.15) is 13.2 Å². The van der Waals surface area contributed by atoms with E-state index in [0.29, 0.717) is 51.6 Å². The average molecular weight is 724 g/mol. The van der Waals surface area contributed by atoms with Gasteiger partial charge in [0.15, 0.2) is 0 Å². The third-order valence-corrected chi connectivity index (χ3v) is 11.8. The van der Waals surface area contributed by atoms with Gasteiger partial charge in [-0.1, -0.05) is 11.6 Å². The fourth-order valence-corrected chi connectivity index (χ4v) is 8.82. The average Bonchev–Trinajstić information content (AvgIpc) is 3.42. The maximum Gasteiger partial charge on any atom is 0.418 e. The summed E-state index contributed by atoms with van der Waals surface area (Å²) in [6, 6.07) is 4.41. The predicted molar refractivity (Wildman–Crippen MR) is 184 cm³/mol. The van der Waals surface area contributed by atoms with Crippen molar-refractivity contribution in [1.82, 2.24) is 24.5 Å². The Morgan fingerprint density at radius 1 is 1.00 bits per heavy atom. The van der Waals surface area contributed by atoms with E-state index in [-0.39, 0.29) is 47.3 Å². The first kappa shape index (κ1) is 35.7. The molecule has 1 aromatic carbocycles. The second-order valence-corrected chi connectivity index (χ2v) is 15.2. The van der Waals surface area contributed by atoms with E-state index >= 15 is 0 Å². The SMILES string of the molecule is CN1CCCN(C2CCN(C(=O)[C@H](CC(=O)N3CCC(N4Cc5sccc5NC4=O)CC3)Cc3cc(Cl)c(N)c(C(F)(F)F)c3)CC2)CC1. The number of carbonyl (C=O) groups is 3. The smallest absolute Gasteiger partial charge is 0.397 e. The van der Waals surface area contributed by atoms with Gasteiger partial charge in [0.1, 0.15) is 0 Å². The van der Waals surface area contributed by atoms with Gasteiger partial charge in [-0.25, -0.2) is 4.79 Å². The zero-order valence-corrected chi connectivity index (χ0v) is 29.4. The number of alkyl halides is 3. The molecule has 4 aliphatic rings. The van der Waals surface area contributed by atoms with E-state index in [0.717, 1.165) is 62.1 Å². The number of halogens is 4. The normalized spacial score (nSPS) is 21.3. The summed E-state index contributed by atoms with van der Waals surface area (Å²) in [5, 5.41) is 4.66. The van der Waals surface area contributed by atoms with Crippen molar-refractivity contribution in [3.05, 3.63) is 44.6 Å². The molecule has 4 amide bonds. The standard InChI is InChI=1S/C34H45ClF3N7O3S/c1-41-8-2-9-42(15-14-41)24-3-12-44(13-4-24)32(47)23(17-22-18-26(34(36,37)38)31(39)27(35)19-22)20-30(46)43-10-5-25(6-11-43)45-21-29-28(7-16-49-29)40-33(45)48/h7,16,18-19,23-25H,2-6,8-15,17,20-21,39H2,1H3,(H,40,48)/t23-/m0/s1. The molecule has 0 unspecified atom stereocenters. The minimum Gasteiger partial charge on any atom is -0.397 e. The van der Waals surface area contributed by atoms with Crippen molar-refractivity contribution in [2.75, 3.05) is 70.5 Å². The van der Waals surface area contributed by atoms with Gasteiger partial charge < -0.3 is 30.7 Å². The van der Waals surface area contributed by atoms with Crippen molar-refractivity contribution in [3.63, 3.8) is 0 Å². The Bertz CT molecular complexity index is 1520. The minimum absolute atomic E-state index is 0.0275. The van der Waals surface area contributed by atoms with E-state index in [1.807, 2.05) is 16.3 Å². The number of thiophene rings is 1. The van der Waals surface area contributed by atoms with Gasteiger partial charge in [0.25, 0.3) is 0 Å². The van der Waals surface area contributed by atoms with Gasteiger partial charge in [0.2, 0.25) is 11.8 Å². The lowest BCUT2D eigenvalue weighted by atomic mass is 9.91. The maximum absolute atomic E-state index is 14.1. The summed E-state index contributed by atoms with van der Waals surface area (Å²) in [6.45, 7) is 6.53. The lowest BCUT2D eigenvalue weighted by Gasteiger charge is -2.41. The molecule has 5 heterocycles. The van der Waals surface area contributed by atoms with E-state index in [1.165, 1.54) is 6.07 Å². The van der Waals surface area contributed by atoms with Crippen LogP contribution in [0, 0.1) is 5.92 Å². The Balaban J connectivity index is 1.13. The minimum atomic E-state index is -4.72. The van der Waals surface area contributed by atoms with E-state index in [2.05, 4.69) is 22.2 Å². The first-order valence-electron chi connectivity index (χ1n) is 17.2. The van der Waals surface area contributed by atoms with E-state index in [4.69, 9.17) is 17.3 Å². The number of hydrogen-bond acceptors (Lipinski definition) is 7. The van der Waals surface area contributed by atoms with Crippen LogP contribution in [-0.4, -0.2) is 114 Å². The molecule has 268 valence electrons. The number of likely N-dealkylation sites (tertiary alicyclic amines) is 2. The van der Waals surface area contributed by atoms with Crippen LogP contribution < -0.4 is 11.1 Å². The number of nitrogens with zero attached hydrogens (tertiary/aromatic N) is 5. The number of fused-ring (bicyclic) bond motifs is 1. The number of benzene rings is 1. The van der Waals surface area contributed by atoms with Crippen LogP contribution in [0.15, 0.2) is 23.6 Å². The second-order valence-electron chi connectivity index (χ2n) is 13.8. The quantitative estimate of drug-likeness (QED) is 0.380. The molecule has 3 N–H and O–H groups in total. The Kier molecular flexibility index (Phi) is 11.0. The van der Waals surface area contributed by atoms with Gasteiger partial charge in [0.05, 0.1) is 34.4 Å². The largest absolute Gasteiger partial charge is 0.418 e. The van der Waals surface area contributed by atoms with Crippen molar-refractivity contribution >= 4 is 52.2 Å². The highest BCUT2D eigenvalue weighted by molar-refractivity contribution is 7.10. The first-order chi connectivity index (χ1) is 23.4. The molecule has 0 spiro atoms. The zero-order chi connectivity index (χ0) is 34.9. The van der Waals surface area contributed by atoms with Crippen molar-refractivity contribution in [3.8, 4) is 0 Å². The molecule has 1 aromatic heterocycles. The van der Waals surface area contributed by atoms with Crippen LogP contribution in [0.5, 0.6) is 0 Å². The maximum atomic E-state index is 14.1. The van der Waals surface area contributed by atoms with Gasteiger partial charge in [0, 0.05) is 62.7 Å². The molecule has 0 saturated carbocycles. The molecule has 3 saturated heterocycles. The number of nitrogens with one attached hydrogen (secondary N) is 1. The molecule has 2 aromatic rings. The molecule has 0 radical (unpaired) electrons. The molecule has 6 rings (SSSR count). The Morgan fingerprint density at radius 2 is 1.69 bits per heavy atom. The number of carbonyl (C=O) groups excluding carboxylic acids is 3. The molecule has 1 atom stereocenters. The van der Waals surface area contributed by atoms with Crippen molar-refractivity contribution in [2.24, 2.45) is 5.92 Å². The lowest BCUT2D eigenvalue weighted by Crippen LogP contribution is -2.51. The third-order valence-electron chi connectivity index (χ3n) is 10.6. The summed E-state index contributed by atoms with van der Waals surface area (Å²) < 4.78 is 41.5. The number of urea groups is 1. The second kappa shape index (κ2) is 15.0. The zero-order valence-electron chi connectivity index (χ0n) is 27.8. The van der Waals surface area contributed by atoms with Crippen molar-refractivity contribution in [2.45, 2.75) is 69.8 Å². The summed E-state index contributed by atoms with van der Waals surface area (Å²) >= 11 is 7.74. The number of anilines is 2. The van der Waals surface area contributed by atoms with Crippen LogP contribution in [0.1, 0.15) is 54.5 Å². The molecular formula is C34H45ClF3N7O3S. The molecular weight excluding hydrogens is 679 g/mol. The van der Waals surface area contributed by atoms with Crippen LogP contribution in [-0.2, 0) is 28.7 Å². The number of nitrogen functional groups attached to an aromatic ring is 1. The van der Waals surface area contributed by atoms with Crippen molar-refractivity contribution in [1.29, 1.82) is 0 Å². The van der Waals surface area contributed by atoms with Gasteiger partial charge in [-0.05, 0) is 87.8 Å². The van der Waals surface area contributed by atoms with E-state index < -0.39 is 23.3 Å². The summed E-state index contributed by atoms with van der Waals surface area (Å²) in [4.78, 5) is 51.9.